The normalized spacial score (nSPS) is 20.7. The minimum absolute atomic E-state index is 0.138. The van der Waals surface area contributed by atoms with Gasteiger partial charge in [-0.1, -0.05) is 30.0 Å². The van der Waals surface area contributed by atoms with Gasteiger partial charge in [0.05, 0.1) is 17.6 Å². The van der Waals surface area contributed by atoms with E-state index in [9.17, 15) is 9.90 Å². The quantitative estimate of drug-likeness (QED) is 0.354. The molecule has 0 saturated carbocycles. The van der Waals surface area contributed by atoms with Crippen molar-refractivity contribution < 1.29 is 14.6 Å². The van der Waals surface area contributed by atoms with E-state index in [2.05, 4.69) is 50.1 Å². The molecule has 9 nitrogen and oxygen atoms in total. The van der Waals surface area contributed by atoms with Crippen LogP contribution in [0.4, 0.5) is 17.1 Å². The molecule has 1 unspecified atom stereocenters. The molecule has 6 N–H and O–H groups in total. The van der Waals surface area contributed by atoms with E-state index in [0.717, 1.165) is 48.6 Å². The topological polar surface area (TPSA) is 124 Å². The predicted molar refractivity (Wildman–Crippen MR) is 141 cm³/mol. The zero-order valence-corrected chi connectivity index (χ0v) is 20.4. The molecule has 2 atom stereocenters. The van der Waals surface area contributed by atoms with Crippen LogP contribution in [0.2, 0.25) is 0 Å². The van der Waals surface area contributed by atoms with Crippen molar-refractivity contribution in [1.82, 2.24) is 5.32 Å². The van der Waals surface area contributed by atoms with Gasteiger partial charge in [-0.05, 0) is 49.1 Å². The molecule has 35 heavy (non-hydrogen) atoms. The number of piperidine rings is 1. The first-order valence-electron chi connectivity index (χ1n) is 12.1. The zero-order valence-electron chi connectivity index (χ0n) is 19.6. The Morgan fingerprint density at radius 3 is 2.74 bits per heavy atom. The molecule has 0 spiro atoms. The SMILES string of the molecule is NC1=NC(=O)C(Cc2ccc(N3CCC(NC[C@H](O)COc4cccc5c4NCN5)CC3)cc2)S1. The first-order valence-corrected chi connectivity index (χ1v) is 13.0. The summed E-state index contributed by atoms with van der Waals surface area (Å²) < 4.78 is 5.85. The fourth-order valence-electron chi connectivity index (χ4n) is 4.69. The molecule has 2 aromatic carbocycles. The molecule has 2 aromatic rings. The van der Waals surface area contributed by atoms with Crippen molar-refractivity contribution in [3.63, 3.8) is 0 Å². The van der Waals surface area contributed by atoms with Crippen LogP contribution in [0.1, 0.15) is 18.4 Å². The number of rotatable bonds is 9. The Bertz CT molecular complexity index is 1070. The first-order chi connectivity index (χ1) is 17.0. The summed E-state index contributed by atoms with van der Waals surface area (Å²) in [5.41, 5.74) is 9.95. The molecule has 3 aliphatic heterocycles. The third kappa shape index (κ3) is 5.83. The highest BCUT2D eigenvalue weighted by atomic mass is 32.2. The van der Waals surface area contributed by atoms with Crippen LogP contribution in [0, 0.1) is 0 Å². The fraction of sp³-hybridized carbons (Fsp3) is 0.440. The Balaban J connectivity index is 1.02. The van der Waals surface area contributed by atoms with E-state index in [1.165, 1.54) is 17.4 Å². The maximum absolute atomic E-state index is 11.8. The molecule has 3 aliphatic rings. The minimum atomic E-state index is -0.573. The minimum Gasteiger partial charge on any atom is -0.489 e. The number of anilines is 3. The van der Waals surface area contributed by atoms with E-state index >= 15 is 0 Å². The van der Waals surface area contributed by atoms with Crippen LogP contribution in [-0.4, -0.2) is 66.5 Å². The van der Waals surface area contributed by atoms with E-state index in [1.54, 1.807) is 0 Å². The van der Waals surface area contributed by atoms with Crippen molar-refractivity contribution in [3.05, 3.63) is 48.0 Å². The maximum Gasteiger partial charge on any atom is 0.261 e. The summed E-state index contributed by atoms with van der Waals surface area (Å²) in [6.45, 7) is 3.36. The zero-order chi connectivity index (χ0) is 24.2. The number of aliphatic hydroxyl groups excluding tert-OH is 1. The number of hydrogen-bond donors (Lipinski definition) is 5. The Morgan fingerprint density at radius 2 is 2.00 bits per heavy atom. The van der Waals surface area contributed by atoms with Crippen LogP contribution in [-0.2, 0) is 11.2 Å². The number of hydrogen-bond acceptors (Lipinski definition) is 9. The second-order valence-corrected chi connectivity index (χ2v) is 10.3. The number of nitrogens with two attached hydrogens (primary N) is 1. The standard InChI is InChI=1S/C25H32N6O3S/c26-25-30-24(33)22(35-25)12-16-4-6-18(7-5-16)31-10-8-17(9-11-31)27-13-19(32)14-34-21-3-1-2-20-23(21)29-15-28-20/h1-7,17,19,22,27-29,32H,8-15H2,(H2,26,30,33)/t19-,22?/m0/s1. The van der Waals surface area contributed by atoms with Gasteiger partial charge < -0.3 is 36.4 Å². The Hall–Kier alpha value is -2.95. The number of para-hydroxylation sites is 1. The Kier molecular flexibility index (Phi) is 7.31. The molecule has 5 rings (SSSR count). The van der Waals surface area contributed by atoms with E-state index in [4.69, 9.17) is 10.5 Å². The third-order valence-corrected chi connectivity index (χ3v) is 7.61. The van der Waals surface area contributed by atoms with Crippen LogP contribution in [0.25, 0.3) is 0 Å². The number of amides is 1. The van der Waals surface area contributed by atoms with Gasteiger partial charge in [0.1, 0.15) is 24.1 Å². The molecule has 0 radical (unpaired) electrons. The van der Waals surface area contributed by atoms with Crippen LogP contribution < -0.4 is 31.3 Å². The molecule has 1 saturated heterocycles. The molecule has 0 aliphatic carbocycles. The Labute approximate surface area is 209 Å². The lowest BCUT2D eigenvalue weighted by Crippen LogP contribution is -2.45. The van der Waals surface area contributed by atoms with E-state index in [1.807, 2.05) is 18.2 Å². The number of thioether (sulfide) groups is 1. The number of ether oxygens (including phenoxy) is 1. The second-order valence-electron chi connectivity index (χ2n) is 9.11. The number of amidine groups is 1. The summed E-state index contributed by atoms with van der Waals surface area (Å²) in [5.74, 6) is 0.623. The van der Waals surface area contributed by atoms with Crippen molar-refractivity contribution in [3.8, 4) is 5.75 Å². The number of carbonyl (C=O) groups excluding carboxylic acids is 1. The summed E-state index contributed by atoms with van der Waals surface area (Å²) in [7, 11) is 0. The number of fused-ring (bicyclic) bond motifs is 1. The summed E-state index contributed by atoms with van der Waals surface area (Å²) in [4.78, 5) is 18.0. The monoisotopic (exact) mass is 496 g/mol. The van der Waals surface area contributed by atoms with Gasteiger partial charge in [0.25, 0.3) is 5.91 Å². The molecule has 186 valence electrons. The molecule has 1 amide bonds. The second kappa shape index (κ2) is 10.8. The lowest BCUT2D eigenvalue weighted by atomic mass is 10.0. The molecule has 1 fully saturated rings. The van der Waals surface area contributed by atoms with Crippen LogP contribution in [0.5, 0.6) is 5.75 Å². The average Bonchev–Trinajstić information content (AvgIpc) is 3.48. The predicted octanol–water partition coefficient (Wildman–Crippen LogP) is 1.98. The van der Waals surface area contributed by atoms with Gasteiger partial charge in [-0.2, -0.15) is 4.99 Å². The van der Waals surface area contributed by atoms with E-state index < -0.39 is 6.10 Å². The van der Waals surface area contributed by atoms with E-state index in [-0.39, 0.29) is 17.8 Å². The van der Waals surface area contributed by atoms with Gasteiger partial charge in [0.2, 0.25) is 0 Å². The molecule has 0 bridgehead atoms. The molecule has 0 aromatic heterocycles. The van der Waals surface area contributed by atoms with Crippen molar-refractivity contribution in [2.75, 3.05) is 48.4 Å². The third-order valence-electron chi connectivity index (χ3n) is 6.62. The van der Waals surface area contributed by atoms with Crippen LogP contribution in [0.3, 0.4) is 0 Å². The van der Waals surface area contributed by atoms with Crippen molar-refractivity contribution >= 4 is 39.9 Å². The number of carbonyl (C=O) groups is 1. The van der Waals surface area contributed by atoms with Crippen molar-refractivity contribution in [1.29, 1.82) is 0 Å². The lowest BCUT2D eigenvalue weighted by Gasteiger charge is -2.34. The average molecular weight is 497 g/mol. The number of nitrogens with zero attached hydrogens (tertiary/aromatic N) is 2. The first kappa shape index (κ1) is 23.8. The molecular weight excluding hydrogens is 464 g/mol. The van der Waals surface area contributed by atoms with Gasteiger partial charge in [0.15, 0.2) is 5.17 Å². The maximum atomic E-state index is 11.8. The molecular formula is C25H32N6O3S. The van der Waals surface area contributed by atoms with Gasteiger partial charge in [0, 0.05) is 31.4 Å². The van der Waals surface area contributed by atoms with Crippen LogP contribution >= 0.6 is 11.8 Å². The largest absolute Gasteiger partial charge is 0.489 e. The van der Waals surface area contributed by atoms with E-state index in [0.29, 0.717) is 30.8 Å². The molecule has 3 heterocycles. The fourth-order valence-corrected chi connectivity index (χ4v) is 5.55. The highest BCUT2D eigenvalue weighted by molar-refractivity contribution is 8.15. The summed E-state index contributed by atoms with van der Waals surface area (Å²) in [6, 6.07) is 14.7. The highest BCUT2D eigenvalue weighted by Crippen LogP contribution is 2.35. The van der Waals surface area contributed by atoms with Gasteiger partial charge in [-0.15, -0.1) is 0 Å². The van der Waals surface area contributed by atoms with Gasteiger partial charge in [-0.3, -0.25) is 4.79 Å². The number of aliphatic hydroxyl groups is 1. The summed E-state index contributed by atoms with van der Waals surface area (Å²) in [6.07, 6.45) is 2.10. The summed E-state index contributed by atoms with van der Waals surface area (Å²) >= 11 is 1.34. The lowest BCUT2D eigenvalue weighted by molar-refractivity contribution is -0.117. The number of benzene rings is 2. The highest BCUT2D eigenvalue weighted by Gasteiger charge is 2.27. The molecule has 10 heteroatoms. The van der Waals surface area contributed by atoms with Crippen LogP contribution in [0.15, 0.2) is 47.5 Å². The number of nitrogens with one attached hydrogen (secondary N) is 3. The van der Waals surface area contributed by atoms with Crippen molar-refractivity contribution in [2.45, 2.75) is 36.7 Å². The Morgan fingerprint density at radius 1 is 1.20 bits per heavy atom. The van der Waals surface area contributed by atoms with Crippen molar-refractivity contribution in [2.24, 2.45) is 10.7 Å². The van der Waals surface area contributed by atoms with Gasteiger partial charge in [-0.25, -0.2) is 0 Å². The summed E-state index contributed by atoms with van der Waals surface area (Å²) in [5, 5.41) is 20.6. The number of aliphatic imine (C=N–C) groups is 1. The van der Waals surface area contributed by atoms with Gasteiger partial charge >= 0.3 is 0 Å². The smallest absolute Gasteiger partial charge is 0.261 e.